The SMILES string of the molecule is Cc1nc(CCNCCC(C)c2ccc(N)cc2)cs1. The summed E-state index contributed by atoms with van der Waals surface area (Å²) in [5.41, 5.74) is 9.10. The molecule has 20 heavy (non-hydrogen) atoms. The summed E-state index contributed by atoms with van der Waals surface area (Å²) < 4.78 is 0. The van der Waals surface area contributed by atoms with Crippen molar-refractivity contribution in [2.24, 2.45) is 0 Å². The highest BCUT2D eigenvalue weighted by atomic mass is 32.1. The largest absolute Gasteiger partial charge is 0.399 e. The molecule has 1 aromatic heterocycles. The molecule has 3 nitrogen and oxygen atoms in total. The molecule has 0 amide bonds. The van der Waals surface area contributed by atoms with Crippen LogP contribution in [-0.2, 0) is 6.42 Å². The van der Waals surface area contributed by atoms with Gasteiger partial charge in [0.2, 0.25) is 0 Å². The molecule has 1 heterocycles. The van der Waals surface area contributed by atoms with Gasteiger partial charge in [0.15, 0.2) is 0 Å². The molecule has 1 atom stereocenters. The van der Waals surface area contributed by atoms with Crippen LogP contribution in [0.3, 0.4) is 0 Å². The summed E-state index contributed by atoms with van der Waals surface area (Å²) in [5.74, 6) is 0.560. The molecule has 0 aliphatic heterocycles. The van der Waals surface area contributed by atoms with Crippen LogP contribution in [0.5, 0.6) is 0 Å². The second-order valence-electron chi connectivity index (χ2n) is 5.21. The summed E-state index contributed by atoms with van der Waals surface area (Å²) in [5, 5.41) is 6.79. The molecule has 2 aromatic rings. The first-order chi connectivity index (χ1) is 9.65. The number of rotatable bonds is 7. The Kier molecular flexibility index (Phi) is 5.56. The van der Waals surface area contributed by atoms with Gasteiger partial charge in [-0.2, -0.15) is 0 Å². The molecule has 0 aliphatic rings. The maximum atomic E-state index is 5.71. The maximum Gasteiger partial charge on any atom is 0.0897 e. The lowest BCUT2D eigenvalue weighted by Crippen LogP contribution is -2.20. The molecule has 108 valence electrons. The fourth-order valence-electron chi connectivity index (χ4n) is 2.17. The first-order valence-electron chi connectivity index (χ1n) is 7.12. The smallest absolute Gasteiger partial charge is 0.0897 e. The van der Waals surface area contributed by atoms with E-state index in [4.69, 9.17) is 5.73 Å². The third-order valence-electron chi connectivity index (χ3n) is 3.48. The van der Waals surface area contributed by atoms with Crippen molar-refractivity contribution in [3.8, 4) is 0 Å². The summed E-state index contributed by atoms with van der Waals surface area (Å²) in [7, 11) is 0. The van der Waals surface area contributed by atoms with Gasteiger partial charge in [0.05, 0.1) is 10.7 Å². The summed E-state index contributed by atoms with van der Waals surface area (Å²) in [6.45, 7) is 6.35. The van der Waals surface area contributed by atoms with Crippen LogP contribution in [0.25, 0.3) is 0 Å². The van der Waals surface area contributed by atoms with Crippen LogP contribution in [0.2, 0.25) is 0 Å². The quantitative estimate of drug-likeness (QED) is 0.607. The lowest BCUT2D eigenvalue weighted by Gasteiger charge is -2.12. The molecular formula is C16H23N3S. The Morgan fingerprint density at radius 2 is 2.00 bits per heavy atom. The molecule has 0 saturated carbocycles. The fourth-order valence-corrected chi connectivity index (χ4v) is 2.82. The van der Waals surface area contributed by atoms with Crippen LogP contribution in [0.1, 0.15) is 35.5 Å². The zero-order chi connectivity index (χ0) is 14.4. The minimum atomic E-state index is 0.560. The number of nitrogens with two attached hydrogens (primary N) is 1. The van der Waals surface area contributed by atoms with E-state index in [2.05, 4.69) is 41.7 Å². The standard InChI is InChI=1S/C16H23N3S/c1-12(14-3-5-15(17)6-4-14)7-9-18-10-8-16-11-20-13(2)19-16/h3-6,11-12,18H,7-10,17H2,1-2H3. The van der Waals surface area contributed by atoms with E-state index in [1.54, 1.807) is 11.3 Å². The van der Waals surface area contributed by atoms with Crippen LogP contribution < -0.4 is 11.1 Å². The fraction of sp³-hybridized carbons (Fsp3) is 0.438. The predicted molar refractivity (Wildman–Crippen MR) is 87.3 cm³/mol. The number of aromatic nitrogens is 1. The summed E-state index contributed by atoms with van der Waals surface area (Å²) in [4.78, 5) is 4.47. The van der Waals surface area contributed by atoms with E-state index in [1.807, 2.05) is 12.1 Å². The first-order valence-corrected chi connectivity index (χ1v) is 8.00. The van der Waals surface area contributed by atoms with Gasteiger partial charge >= 0.3 is 0 Å². The van der Waals surface area contributed by atoms with Crippen LogP contribution in [0.4, 0.5) is 5.69 Å². The van der Waals surface area contributed by atoms with Crippen LogP contribution in [0.15, 0.2) is 29.6 Å². The van der Waals surface area contributed by atoms with Crippen molar-refractivity contribution in [2.45, 2.75) is 32.6 Å². The van der Waals surface area contributed by atoms with Crippen LogP contribution in [-0.4, -0.2) is 18.1 Å². The molecule has 0 fully saturated rings. The summed E-state index contributed by atoms with van der Waals surface area (Å²) in [6, 6.07) is 8.20. The minimum absolute atomic E-state index is 0.560. The second-order valence-corrected chi connectivity index (χ2v) is 6.28. The monoisotopic (exact) mass is 289 g/mol. The van der Waals surface area contributed by atoms with Gasteiger partial charge in [-0.1, -0.05) is 19.1 Å². The van der Waals surface area contributed by atoms with Gasteiger partial charge in [0.25, 0.3) is 0 Å². The number of anilines is 1. The Hall–Kier alpha value is -1.39. The van der Waals surface area contributed by atoms with E-state index >= 15 is 0 Å². The Labute approximate surface area is 125 Å². The molecule has 0 saturated heterocycles. The van der Waals surface area contributed by atoms with Crippen molar-refractivity contribution < 1.29 is 0 Å². The number of benzene rings is 1. The van der Waals surface area contributed by atoms with E-state index in [9.17, 15) is 0 Å². The zero-order valence-electron chi connectivity index (χ0n) is 12.2. The Balaban J connectivity index is 1.64. The van der Waals surface area contributed by atoms with Crippen molar-refractivity contribution in [1.82, 2.24) is 10.3 Å². The highest BCUT2D eigenvalue weighted by Crippen LogP contribution is 2.19. The Morgan fingerprint density at radius 3 is 2.65 bits per heavy atom. The molecule has 0 aliphatic carbocycles. The maximum absolute atomic E-state index is 5.71. The van der Waals surface area contributed by atoms with Crippen molar-refractivity contribution in [3.63, 3.8) is 0 Å². The number of thiazole rings is 1. The molecule has 2 rings (SSSR count). The average Bonchev–Trinajstić information content (AvgIpc) is 2.84. The van der Waals surface area contributed by atoms with Crippen molar-refractivity contribution in [3.05, 3.63) is 45.9 Å². The number of hydrogen-bond donors (Lipinski definition) is 2. The number of nitrogen functional groups attached to an aromatic ring is 1. The second kappa shape index (κ2) is 7.41. The van der Waals surface area contributed by atoms with Gasteiger partial charge in [-0.3, -0.25) is 0 Å². The number of nitrogens with zero attached hydrogens (tertiary/aromatic N) is 1. The predicted octanol–water partition coefficient (Wildman–Crippen LogP) is 3.36. The van der Waals surface area contributed by atoms with Crippen molar-refractivity contribution in [2.75, 3.05) is 18.8 Å². The first kappa shape index (κ1) is 15.0. The Bertz CT molecular complexity index is 519. The van der Waals surface area contributed by atoms with Gasteiger partial charge in [-0.25, -0.2) is 4.98 Å². The molecule has 0 bridgehead atoms. The van der Waals surface area contributed by atoms with E-state index in [0.717, 1.165) is 36.6 Å². The summed E-state index contributed by atoms with van der Waals surface area (Å²) >= 11 is 1.72. The van der Waals surface area contributed by atoms with Gasteiger partial charge in [0, 0.05) is 24.0 Å². The molecule has 1 aromatic carbocycles. The molecule has 3 N–H and O–H groups in total. The minimum Gasteiger partial charge on any atom is -0.399 e. The third kappa shape index (κ3) is 4.62. The number of aryl methyl sites for hydroxylation is 1. The highest BCUT2D eigenvalue weighted by molar-refractivity contribution is 7.09. The van der Waals surface area contributed by atoms with Crippen LogP contribution in [0, 0.1) is 6.92 Å². The average molecular weight is 289 g/mol. The van der Waals surface area contributed by atoms with Gasteiger partial charge in [-0.05, 0) is 43.5 Å². The van der Waals surface area contributed by atoms with Crippen molar-refractivity contribution in [1.29, 1.82) is 0 Å². The van der Waals surface area contributed by atoms with E-state index in [-0.39, 0.29) is 0 Å². The summed E-state index contributed by atoms with van der Waals surface area (Å²) in [6.07, 6.45) is 2.15. The van der Waals surface area contributed by atoms with E-state index in [0.29, 0.717) is 5.92 Å². The van der Waals surface area contributed by atoms with Gasteiger partial charge in [-0.15, -0.1) is 11.3 Å². The van der Waals surface area contributed by atoms with Crippen LogP contribution >= 0.6 is 11.3 Å². The zero-order valence-corrected chi connectivity index (χ0v) is 13.0. The topological polar surface area (TPSA) is 50.9 Å². The third-order valence-corrected chi connectivity index (χ3v) is 4.31. The number of hydrogen-bond acceptors (Lipinski definition) is 4. The lowest BCUT2D eigenvalue weighted by molar-refractivity contribution is 0.593. The molecule has 0 radical (unpaired) electrons. The lowest BCUT2D eigenvalue weighted by atomic mass is 9.97. The molecular weight excluding hydrogens is 266 g/mol. The van der Waals surface area contributed by atoms with Gasteiger partial charge in [0.1, 0.15) is 0 Å². The molecule has 0 spiro atoms. The molecule has 1 unspecified atom stereocenters. The molecule has 4 heteroatoms. The van der Waals surface area contributed by atoms with Crippen molar-refractivity contribution >= 4 is 17.0 Å². The normalized spacial score (nSPS) is 12.5. The Morgan fingerprint density at radius 1 is 1.25 bits per heavy atom. The van der Waals surface area contributed by atoms with E-state index in [1.165, 1.54) is 11.3 Å². The van der Waals surface area contributed by atoms with Gasteiger partial charge < -0.3 is 11.1 Å². The number of nitrogens with one attached hydrogen (secondary N) is 1. The van der Waals surface area contributed by atoms with E-state index < -0.39 is 0 Å². The highest BCUT2D eigenvalue weighted by Gasteiger charge is 2.05.